The molecule has 1 amide bonds. The van der Waals surface area contributed by atoms with Gasteiger partial charge in [0.05, 0.1) is 11.6 Å². The fourth-order valence-electron chi connectivity index (χ4n) is 5.17. The van der Waals surface area contributed by atoms with Crippen molar-refractivity contribution < 1.29 is 9.22 Å². The van der Waals surface area contributed by atoms with Crippen LogP contribution in [0.2, 0.25) is 18.1 Å². The van der Waals surface area contributed by atoms with Crippen molar-refractivity contribution in [3.8, 4) is 5.75 Å². The number of nitrogens with one attached hydrogen (secondary N) is 2. The molecule has 6 heteroatoms. The molecule has 0 heterocycles. The van der Waals surface area contributed by atoms with Crippen molar-refractivity contribution in [3.63, 3.8) is 0 Å². The van der Waals surface area contributed by atoms with Gasteiger partial charge in [-0.1, -0.05) is 118 Å². The van der Waals surface area contributed by atoms with Gasteiger partial charge in [-0.2, -0.15) is 0 Å². The van der Waals surface area contributed by atoms with Gasteiger partial charge >= 0.3 is 0 Å². The number of hydrogen-bond acceptors (Lipinski definition) is 4. The van der Waals surface area contributed by atoms with Crippen molar-refractivity contribution in [2.45, 2.75) is 76.7 Å². The van der Waals surface area contributed by atoms with Crippen LogP contribution in [0.3, 0.4) is 0 Å². The lowest BCUT2D eigenvalue weighted by atomic mass is 9.76. The summed E-state index contributed by atoms with van der Waals surface area (Å²) >= 11 is 0. The molecule has 5 nitrogen and oxygen atoms in total. The maximum absolute atomic E-state index is 12.9. The van der Waals surface area contributed by atoms with Crippen molar-refractivity contribution in [2.75, 3.05) is 11.9 Å². The van der Waals surface area contributed by atoms with E-state index in [4.69, 9.17) is 10.2 Å². The first-order valence-corrected chi connectivity index (χ1v) is 18.6. The van der Waals surface area contributed by atoms with Gasteiger partial charge in [-0.3, -0.25) is 10.1 Å². The van der Waals surface area contributed by atoms with Crippen LogP contribution in [0.25, 0.3) is 0 Å². The second-order valence-corrected chi connectivity index (χ2v) is 18.0. The highest BCUT2D eigenvalue weighted by atomic mass is 28.4. The second-order valence-electron chi connectivity index (χ2n) is 13.3. The first-order valence-electron chi connectivity index (χ1n) is 15.7. The summed E-state index contributed by atoms with van der Waals surface area (Å²) < 4.78 is 6.36. The van der Waals surface area contributed by atoms with Gasteiger partial charge in [-0.25, -0.2) is 0 Å². The number of unbranched alkanes of at least 4 members (excludes halogenated alkanes) is 1. The molecule has 0 spiro atoms. The van der Waals surface area contributed by atoms with Gasteiger partial charge in [0.25, 0.3) is 0 Å². The predicted octanol–water partition coefficient (Wildman–Crippen LogP) is 8.40. The van der Waals surface area contributed by atoms with E-state index in [1.165, 1.54) is 22.3 Å². The van der Waals surface area contributed by atoms with Crippen molar-refractivity contribution in [1.82, 2.24) is 5.32 Å². The Morgan fingerprint density at radius 3 is 1.82 bits per heavy atom. The number of amides is 1. The average molecular weight is 608 g/mol. The molecular weight excluding hydrogens is 559 g/mol. The Morgan fingerprint density at radius 2 is 1.30 bits per heavy atom. The molecule has 4 aromatic rings. The van der Waals surface area contributed by atoms with Gasteiger partial charge in [0, 0.05) is 5.69 Å². The molecule has 0 aliphatic heterocycles. The largest absolute Gasteiger partial charge is 0.544 e. The fourth-order valence-corrected chi connectivity index (χ4v) is 6.20. The molecule has 4 aromatic carbocycles. The summed E-state index contributed by atoms with van der Waals surface area (Å²) in [6, 6.07) is 37.0. The van der Waals surface area contributed by atoms with E-state index < -0.39 is 19.9 Å². The van der Waals surface area contributed by atoms with Gasteiger partial charge in [0.15, 0.2) is 0 Å². The highest BCUT2D eigenvalue weighted by Crippen LogP contribution is 2.38. The molecule has 0 radical (unpaired) electrons. The fraction of sp³-hybridized carbons (Fsp3) is 0.342. The van der Waals surface area contributed by atoms with E-state index in [-0.39, 0.29) is 10.9 Å². The first-order chi connectivity index (χ1) is 20.9. The molecule has 1 atom stereocenters. The topological polar surface area (TPSA) is 76.4 Å². The average Bonchev–Trinajstić information content (AvgIpc) is 3.00. The molecule has 232 valence electrons. The third-order valence-electron chi connectivity index (χ3n) is 8.87. The van der Waals surface area contributed by atoms with Gasteiger partial charge in [0.1, 0.15) is 5.75 Å². The van der Waals surface area contributed by atoms with E-state index in [0.717, 1.165) is 30.8 Å². The number of benzene rings is 4. The summed E-state index contributed by atoms with van der Waals surface area (Å²) in [6.07, 6.45) is 2.32. The number of anilines is 1. The van der Waals surface area contributed by atoms with Gasteiger partial charge in [0.2, 0.25) is 14.2 Å². The van der Waals surface area contributed by atoms with Crippen molar-refractivity contribution in [2.24, 2.45) is 5.73 Å². The number of hydrogen-bond donors (Lipinski definition) is 3. The van der Waals surface area contributed by atoms with Crippen LogP contribution in [-0.2, 0) is 10.3 Å². The third-order valence-corrected chi connectivity index (χ3v) is 13.2. The summed E-state index contributed by atoms with van der Waals surface area (Å²) in [5.41, 5.74) is 11.3. The molecule has 0 bridgehead atoms. The summed E-state index contributed by atoms with van der Waals surface area (Å²) in [6.45, 7) is 14.0. The SMILES string of the molecule is Cc1ccc(C(NCCCC[C@H](N)C(=O)Nc2ccc(O[Si](C)(C)C(C)(C)C)cc2)(c2ccccc2)c2ccccc2)cc1. The van der Waals surface area contributed by atoms with E-state index in [2.05, 4.69) is 136 Å². The quantitative estimate of drug-likeness (QED) is 0.0810. The van der Waals surface area contributed by atoms with Gasteiger partial charge in [-0.05, 0) is 85.4 Å². The van der Waals surface area contributed by atoms with E-state index in [1.807, 2.05) is 24.3 Å². The van der Waals surface area contributed by atoms with Crippen molar-refractivity contribution in [1.29, 1.82) is 0 Å². The summed E-state index contributed by atoms with van der Waals surface area (Å²) in [7, 11) is -1.92. The van der Waals surface area contributed by atoms with Crippen LogP contribution in [0.1, 0.15) is 62.3 Å². The monoisotopic (exact) mass is 607 g/mol. The van der Waals surface area contributed by atoms with Crippen LogP contribution in [-0.4, -0.2) is 26.8 Å². The van der Waals surface area contributed by atoms with E-state index >= 15 is 0 Å². The molecular formula is C38H49N3O2Si. The first kappa shape index (κ1) is 33.2. The Hall–Kier alpha value is -3.71. The van der Waals surface area contributed by atoms with Crippen molar-refractivity contribution in [3.05, 3.63) is 131 Å². The van der Waals surface area contributed by atoms with Gasteiger partial charge in [-0.15, -0.1) is 0 Å². The minimum Gasteiger partial charge on any atom is -0.544 e. The number of aryl methyl sites for hydroxylation is 1. The number of rotatable bonds is 13. The van der Waals surface area contributed by atoms with Crippen LogP contribution in [0.4, 0.5) is 5.69 Å². The van der Waals surface area contributed by atoms with Crippen LogP contribution in [0.5, 0.6) is 5.75 Å². The standard InChI is InChI=1S/C38H49N3O2Si/c1-29-20-22-32(23-21-29)38(30-15-9-7-10-16-30,31-17-11-8-12-18-31)40-28-14-13-19-35(39)36(42)41-33-24-26-34(27-25-33)43-44(5,6)37(2,3)4/h7-12,15-18,20-27,35,40H,13-14,19,28,39H2,1-6H3,(H,41,42)/t35-/m0/s1. The molecule has 4 N–H and O–H groups in total. The molecule has 0 aliphatic rings. The third kappa shape index (κ3) is 8.06. The molecule has 0 aliphatic carbocycles. The maximum atomic E-state index is 12.9. The second kappa shape index (κ2) is 14.4. The Bertz CT molecular complexity index is 1430. The summed E-state index contributed by atoms with van der Waals surface area (Å²) in [5, 5.41) is 7.02. The van der Waals surface area contributed by atoms with Crippen LogP contribution in [0, 0.1) is 6.92 Å². The molecule has 0 unspecified atom stereocenters. The molecule has 0 aromatic heterocycles. The molecule has 0 fully saturated rings. The maximum Gasteiger partial charge on any atom is 0.250 e. The molecule has 4 rings (SSSR count). The normalized spacial score (nSPS) is 12.9. The summed E-state index contributed by atoms with van der Waals surface area (Å²) in [5.74, 6) is 0.665. The molecule has 44 heavy (non-hydrogen) atoms. The summed E-state index contributed by atoms with van der Waals surface area (Å²) in [4.78, 5) is 12.9. The Kier molecular flexibility index (Phi) is 10.8. The Morgan fingerprint density at radius 1 is 0.773 bits per heavy atom. The number of nitrogens with two attached hydrogens (primary N) is 1. The van der Waals surface area contributed by atoms with Crippen LogP contribution >= 0.6 is 0 Å². The van der Waals surface area contributed by atoms with Gasteiger partial charge < -0.3 is 15.5 Å². The Balaban J connectivity index is 1.37. The molecule has 0 saturated heterocycles. The molecule has 0 saturated carbocycles. The zero-order valence-electron chi connectivity index (χ0n) is 27.2. The van der Waals surface area contributed by atoms with E-state index in [1.54, 1.807) is 0 Å². The van der Waals surface area contributed by atoms with E-state index in [9.17, 15) is 4.79 Å². The smallest absolute Gasteiger partial charge is 0.250 e. The van der Waals surface area contributed by atoms with Crippen LogP contribution in [0.15, 0.2) is 109 Å². The zero-order valence-corrected chi connectivity index (χ0v) is 28.2. The van der Waals surface area contributed by atoms with E-state index in [0.29, 0.717) is 6.42 Å². The van der Waals surface area contributed by atoms with Crippen molar-refractivity contribution >= 4 is 19.9 Å². The highest BCUT2D eigenvalue weighted by molar-refractivity contribution is 6.74. The number of carbonyl (C=O) groups excluding carboxylic acids is 1. The minimum atomic E-state index is -1.92. The zero-order chi connectivity index (χ0) is 31.8. The minimum absolute atomic E-state index is 0.118. The number of carbonyl (C=O) groups is 1. The van der Waals surface area contributed by atoms with Crippen LogP contribution < -0.4 is 20.8 Å². The lowest BCUT2D eigenvalue weighted by Crippen LogP contribution is -2.45. The lowest BCUT2D eigenvalue weighted by molar-refractivity contribution is -0.117. The predicted molar refractivity (Wildman–Crippen MR) is 187 cm³/mol. The highest BCUT2D eigenvalue weighted by Gasteiger charge is 2.39. The Labute approximate surface area is 265 Å². The lowest BCUT2D eigenvalue weighted by Gasteiger charge is -2.37.